The number of rotatable bonds is 11. The van der Waals surface area contributed by atoms with Crippen LogP contribution in [0.4, 0.5) is 0 Å². The maximum absolute atomic E-state index is 12.8. The van der Waals surface area contributed by atoms with Gasteiger partial charge in [0, 0.05) is 10.6 Å². The molecular weight excluding hydrogens is 545 g/mol. The van der Waals surface area contributed by atoms with Gasteiger partial charge in [0.1, 0.15) is 23.3 Å². The summed E-state index contributed by atoms with van der Waals surface area (Å²) < 4.78 is 16.1. The van der Waals surface area contributed by atoms with Gasteiger partial charge in [-0.15, -0.1) is 0 Å². The van der Waals surface area contributed by atoms with E-state index in [4.69, 9.17) is 37.1 Å². The fraction of sp³-hybridized carbons (Fsp3) is 0.286. The standard InChI is InChI=1S/C28H29Cl2N3O6/c1-16(2)13-23(32-26(34)17(3)38-25-11-9-20(29)14-22(25)30)27(35)33-31-15-21-10-12-24(39-21)18-5-7-19(8-6-18)28(36)37-4/h5-12,14-17,23H,13H2,1-4H3,(H,32,34)(H,33,35)/b31-15-/t17-,23-/m0/s1. The zero-order valence-corrected chi connectivity index (χ0v) is 23.4. The normalized spacial score (nSPS) is 12.7. The number of hydrazone groups is 1. The number of amides is 2. The second-order valence-corrected chi connectivity index (χ2v) is 9.87. The lowest BCUT2D eigenvalue weighted by molar-refractivity contribution is -0.132. The molecule has 39 heavy (non-hydrogen) atoms. The quantitative estimate of drug-likeness (QED) is 0.178. The van der Waals surface area contributed by atoms with Gasteiger partial charge in [-0.25, -0.2) is 10.2 Å². The molecule has 3 rings (SSSR count). The van der Waals surface area contributed by atoms with Crippen molar-refractivity contribution >= 4 is 47.2 Å². The molecule has 2 aromatic carbocycles. The van der Waals surface area contributed by atoms with Gasteiger partial charge in [0.15, 0.2) is 6.10 Å². The molecule has 9 nitrogen and oxygen atoms in total. The molecule has 1 aromatic heterocycles. The minimum absolute atomic E-state index is 0.116. The Morgan fingerprint density at radius 1 is 1.00 bits per heavy atom. The van der Waals surface area contributed by atoms with Crippen LogP contribution < -0.4 is 15.5 Å². The number of furan rings is 1. The Morgan fingerprint density at radius 2 is 1.72 bits per heavy atom. The highest BCUT2D eigenvalue weighted by Crippen LogP contribution is 2.28. The van der Waals surface area contributed by atoms with Crippen molar-refractivity contribution in [2.75, 3.05) is 7.11 Å². The van der Waals surface area contributed by atoms with E-state index in [1.165, 1.54) is 19.4 Å². The monoisotopic (exact) mass is 573 g/mol. The molecule has 11 heteroatoms. The summed E-state index contributed by atoms with van der Waals surface area (Å²) >= 11 is 12.0. The van der Waals surface area contributed by atoms with Crippen LogP contribution in [0.3, 0.4) is 0 Å². The molecule has 3 aromatic rings. The third-order valence-corrected chi connectivity index (χ3v) is 6.02. The maximum Gasteiger partial charge on any atom is 0.337 e. The lowest BCUT2D eigenvalue weighted by atomic mass is 10.0. The number of benzene rings is 2. The van der Waals surface area contributed by atoms with Gasteiger partial charge in [0.05, 0.1) is 23.9 Å². The molecule has 2 amide bonds. The van der Waals surface area contributed by atoms with Crippen LogP contribution in [0, 0.1) is 5.92 Å². The van der Waals surface area contributed by atoms with Crippen LogP contribution in [0.1, 0.15) is 43.3 Å². The van der Waals surface area contributed by atoms with E-state index in [0.29, 0.717) is 34.3 Å². The van der Waals surface area contributed by atoms with Crippen molar-refractivity contribution in [3.63, 3.8) is 0 Å². The van der Waals surface area contributed by atoms with Gasteiger partial charge in [-0.1, -0.05) is 49.2 Å². The Bertz CT molecular complexity index is 1340. The molecule has 0 unspecified atom stereocenters. The number of hydrogen-bond acceptors (Lipinski definition) is 7. The summed E-state index contributed by atoms with van der Waals surface area (Å²) in [5, 5.41) is 7.40. The molecule has 0 saturated carbocycles. The molecule has 2 atom stereocenters. The van der Waals surface area contributed by atoms with Gasteiger partial charge in [-0.05, 0) is 61.7 Å². The molecule has 0 radical (unpaired) electrons. The summed E-state index contributed by atoms with van der Waals surface area (Å²) in [6.07, 6.45) is 0.818. The molecule has 1 heterocycles. The number of methoxy groups -OCH3 is 1. The molecule has 0 saturated heterocycles. The predicted molar refractivity (Wildman–Crippen MR) is 149 cm³/mol. The summed E-state index contributed by atoms with van der Waals surface area (Å²) in [7, 11) is 1.32. The summed E-state index contributed by atoms with van der Waals surface area (Å²) in [6.45, 7) is 5.43. The Balaban J connectivity index is 1.59. The Morgan fingerprint density at radius 3 is 2.36 bits per heavy atom. The molecule has 0 aliphatic heterocycles. The van der Waals surface area contributed by atoms with E-state index in [9.17, 15) is 14.4 Å². The van der Waals surface area contributed by atoms with E-state index < -0.39 is 29.9 Å². The van der Waals surface area contributed by atoms with E-state index in [-0.39, 0.29) is 10.9 Å². The molecule has 0 fully saturated rings. The Labute approximate surface area is 236 Å². The van der Waals surface area contributed by atoms with E-state index in [0.717, 1.165) is 5.56 Å². The highest BCUT2D eigenvalue weighted by Gasteiger charge is 2.25. The minimum atomic E-state index is -0.919. The highest BCUT2D eigenvalue weighted by atomic mass is 35.5. The van der Waals surface area contributed by atoms with Gasteiger partial charge < -0.3 is 19.2 Å². The second kappa shape index (κ2) is 13.8. The average molecular weight is 574 g/mol. The number of halogens is 2. The van der Waals surface area contributed by atoms with Crippen LogP contribution in [-0.2, 0) is 14.3 Å². The van der Waals surface area contributed by atoms with Gasteiger partial charge >= 0.3 is 5.97 Å². The van der Waals surface area contributed by atoms with Crippen LogP contribution in [0.2, 0.25) is 10.0 Å². The number of hydrogen-bond donors (Lipinski definition) is 2. The lowest BCUT2D eigenvalue weighted by Gasteiger charge is -2.22. The van der Waals surface area contributed by atoms with Crippen molar-refractivity contribution in [1.82, 2.24) is 10.7 Å². The largest absolute Gasteiger partial charge is 0.479 e. The first-order valence-electron chi connectivity index (χ1n) is 12.1. The van der Waals surface area contributed by atoms with E-state index in [1.54, 1.807) is 55.5 Å². The molecule has 206 valence electrons. The molecule has 0 aliphatic carbocycles. The Hall–Kier alpha value is -3.82. The fourth-order valence-corrected chi connectivity index (χ4v) is 3.96. The predicted octanol–water partition coefficient (Wildman–Crippen LogP) is 5.49. The van der Waals surface area contributed by atoms with Crippen molar-refractivity contribution < 1.29 is 28.3 Å². The lowest BCUT2D eigenvalue weighted by Crippen LogP contribution is -2.49. The van der Waals surface area contributed by atoms with Crippen molar-refractivity contribution in [1.29, 1.82) is 0 Å². The molecular formula is C28H29Cl2N3O6. The first-order valence-corrected chi connectivity index (χ1v) is 12.9. The molecule has 2 N–H and O–H groups in total. The second-order valence-electron chi connectivity index (χ2n) is 9.03. The number of nitrogens with zero attached hydrogens (tertiary/aromatic N) is 1. The summed E-state index contributed by atoms with van der Waals surface area (Å²) in [6, 6.07) is 14.0. The Kier molecular flexibility index (Phi) is 10.5. The third kappa shape index (κ3) is 8.59. The van der Waals surface area contributed by atoms with E-state index >= 15 is 0 Å². The average Bonchev–Trinajstić information content (AvgIpc) is 3.38. The molecule has 0 bridgehead atoms. The molecule has 0 aliphatic rings. The summed E-state index contributed by atoms with van der Waals surface area (Å²) in [5.74, 6) is -0.0347. The van der Waals surface area contributed by atoms with Gasteiger partial charge in [-0.3, -0.25) is 9.59 Å². The molecule has 0 spiro atoms. The van der Waals surface area contributed by atoms with Crippen molar-refractivity contribution in [3.05, 3.63) is 76.0 Å². The van der Waals surface area contributed by atoms with E-state index in [2.05, 4.69) is 15.8 Å². The first-order chi connectivity index (χ1) is 18.6. The number of carbonyl (C=O) groups excluding carboxylic acids is 3. The topological polar surface area (TPSA) is 119 Å². The number of carbonyl (C=O) groups is 3. The zero-order valence-electron chi connectivity index (χ0n) is 21.9. The van der Waals surface area contributed by atoms with Crippen LogP contribution in [0.25, 0.3) is 11.3 Å². The van der Waals surface area contributed by atoms with E-state index in [1.807, 2.05) is 13.8 Å². The zero-order chi connectivity index (χ0) is 28.5. The van der Waals surface area contributed by atoms with Gasteiger partial charge in [0.2, 0.25) is 0 Å². The van der Waals surface area contributed by atoms with Gasteiger partial charge in [-0.2, -0.15) is 5.10 Å². The first kappa shape index (κ1) is 29.7. The van der Waals surface area contributed by atoms with Crippen LogP contribution in [0.15, 0.2) is 64.1 Å². The number of nitrogens with one attached hydrogen (secondary N) is 2. The minimum Gasteiger partial charge on any atom is -0.479 e. The maximum atomic E-state index is 12.8. The van der Waals surface area contributed by atoms with Crippen LogP contribution in [-0.4, -0.2) is 43.3 Å². The number of esters is 1. The SMILES string of the molecule is COC(=O)c1ccc(-c2ccc(/C=N\NC(=O)[C@H](CC(C)C)NC(=O)[C@H](C)Oc3ccc(Cl)cc3Cl)o2)cc1. The van der Waals surface area contributed by atoms with Crippen molar-refractivity contribution in [3.8, 4) is 17.1 Å². The fourth-order valence-electron chi connectivity index (χ4n) is 3.51. The third-order valence-electron chi connectivity index (χ3n) is 5.49. The van der Waals surface area contributed by atoms with Crippen molar-refractivity contribution in [2.45, 2.75) is 39.3 Å². The van der Waals surface area contributed by atoms with Crippen molar-refractivity contribution in [2.24, 2.45) is 11.0 Å². The van der Waals surface area contributed by atoms with Crippen LogP contribution >= 0.6 is 23.2 Å². The summed E-state index contributed by atoms with van der Waals surface area (Å²) in [5.41, 5.74) is 3.63. The summed E-state index contributed by atoms with van der Waals surface area (Å²) in [4.78, 5) is 37.2. The highest BCUT2D eigenvalue weighted by molar-refractivity contribution is 6.35. The number of ether oxygens (including phenoxy) is 2. The van der Waals surface area contributed by atoms with Gasteiger partial charge in [0.25, 0.3) is 11.8 Å². The van der Waals surface area contributed by atoms with Crippen LogP contribution in [0.5, 0.6) is 5.75 Å². The smallest absolute Gasteiger partial charge is 0.337 e.